The van der Waals surface area contributed by atoms with Crippen LogP contribution in [-0.4, -0.2) is 25.0 Å². The van der Waals surface area contributed by atoms with Crippen molar-refractivity contribution in [2.45, 2.75) is 46.7 Å². The Labute approximate surface area is 132 Å². The van der Waals surface area contributed by atoms with Gasteiger partial charge < -0.3 is 15.4 Å². The van der Waals surface area contributed by atoms with Gasteiger partial charge in [-0.25, -0.2) is 0 Å². The molecule has 0 aliphatic rings. The van der Waals surface area contributed by atoms with E-state index < -0.39 is 6.04 Å². The van der Waals surface area contributed by atoms with Gasteiger partial charge in [0, 0.05) is 12.5 Å². The van der Waals surface area contributed by atoms with Crippen molar-refractivity contribution in [3.63, 3.8) is 0 Å². The number of carbonyl (C=O) groups is 2. The number of hydrogen-bond donors (Lipinski definition) is 2. The molecule has 5 heteroatoms. The largest absolute Gasteiger partial charge is 0.496 e. The van der Waals surface area contributed by atoms with Crippen molar-refractivity contribution in [2.75, 3.05) is 7.11 Å². The highest BCUT2D eigenvalue weighted by molar-refractivity contribution is 5.87. The topological polar surface area (TPSA) is 67.4 Å². The Balaban J connectivity index is 2.90. The molecule has 0 aromatic heterocycles. The summed E-state index contributed by atoms with van der Waals surface area (Å²) in [6.07, 6.45) is 0. The van der Waals surface area contributed by atoms with Crippen LogP contribution < -0.4 is 15.4 Å². The summed E-state index contributed by atoms with van der Waals surface area (Å²) in [6, 6.07) is 5.09. The van der Waals surface area contributed by atoms with E-state index in [2.05, 4.69) is 10.6 Å². The van der Waals surface area contributed by atoms with E-state index in [1.165, 1.54) is 6.92 Å². The summed E-state index contributed by atoms with van der Waals surface area (Å²) in [4.78, 5) is 23.7. The van der Waals surface area contributed by atoms with E-state index in [1.54, 1.807) is 7.11 Å². The Kier molecular flexibility index (Phi) is 6.40. The number of ether oxygens (including phenoxy) is 1. The molecule has 1 rings (SSSR count). The summed E-state index contributed by atoms with van der Waals surface area (Å²) in [5.74, 6) is 0.338. The number of carbonyl (C=O) groups excluding carboxylic acids is 2. The molecular formula is C17H26N2O3. The Morgan fingerprint density at radius 3 is 2.27 bits per heavy atom. The zero-order chi connectivity index (χ0) is 16.9. The van der Waals surface area contributed by atoms with Crippen LogP contribution in [0.25, 0.3) is 0 Å². The minimum Gasteiger partial charge on any atom is -0.496 e. The molecule has 2 amide bonds. The van der Waals surface area contributed by atoms with E-state index in [-0.39, 0.29) is 23.8 Å². The lowest BCUT2D eigenvalue weighted by Crippen LogP contribution is -2.49. The molecule has 0 aliphatic carbocycles. The van der Waals surface area contributed by atoms with Gasteiger partial charge in [-0.05, 0) is 25.8 Å². The van der Waals surface area contributed by atoms with Crippen LogP contribution in [0.2, 0.25) is 0 Å². The molecular weight excluding hydrogens is 280 g/mol. The number of aryl methyl sites for hydroxylation is 1. The van der Waals surface area contributed by atoms with Gasteiger partial charge >= 0.3 is 0 Å². The number of nitrogens with one attached hydrogen (secondary N) is 2. The van der Waals surface area contributed by atoms with Crippen LogP contribution in [0.15, 0.2) is 18.2 Å². The van der Waals surface area contributed by atoms with Crippen LogP contribution in [0.3, 0.4) is 0 Å². The first-order valence-corrected chi connectivity index (χ1v) is 7.48. The van der Waals surface area contributed by atoms with Crippen molar-refractivity contribution >= 4 is 11.8 Å². The molecule has 2 N–H and O–H groups in total. The van der Waals surface area contributed by atoms with Crippen molar-refractivity contribution in [3.8, 4) is 5.75 Å². The Morgan fingerprint density at radius 1 is 1.14 bits per heavy atom. The van der Waals surface area contributed by atoms with Gasteiger partial charge in [0.05, 0.1) is 13.2 Å². The highest BCUT2D eigenvalue weighted by atomic mass is 16.5. The van der Waals surface area contributed by atoms with E-state index in [9.17, 15) is 9.59 Å². The third-order valence-corrected chi connectivity index (χ3v) is 3.52. The van der Waals surface area contributed by atoms with Crippen LogP contribution in [0.1, 0.15) is 44.9 Å². The molecule has 1 aromatic rings. The average molecular weight is 306 g/mol. The quantitative estimate of drug-likeness (QED) is 0.847. The Morgan fingerprint density at radius 2 is 1.77 bits per heavy atom. The minimum atomic E-state index is -0.546. The maximum absolute atomic E-state index is 12.4. The summed E-state index contributed by atoms with van der Waals surface area (Å²) < 4.78 is 5.35. The van der Waals surface area contributed by atoms with Gasteiger partial charge in [0.15, 0.2) is 0 Å². The lowest BCUT2D eigenvalue weighted by atomic mass is 10.0. The van der Waals surface area contributed by atoms with E-state index in [0.29, 0.717) is 0 Å². The van der Waals surface area contributed by atoms with E-state index in [4.69, 9.17) is 4.74 Å². The van der Waals surface area contributed by atoms with E-state index in [0.717, 1.165) is 16.9 Å². The van der Waals surface area contributed by atoms with Gasteiger partial charge in [-0.3, -0.25) is 9.59 Å². The smallest absolute Gasteiger partial charge is 0.243 e. The third kappa shape index (κ3) is 4.76. The number of rotatable bonds is 6. The third-order valence-electron chi connectivity index (χ3n) is 3.52. The summed E-state index contributed by atoms with van der Waals surface area (Å²) in [7, 11) is 1.61. The molecule has 0 bridgehead atoms. The molecule has 2 atom stereocenters. The number of amides is 2. The minimum absolute atomic E-state index is 0.00973. The second-order valence-electron chi connectivity index (χ2n) is 5.90. The Bertz CT molecular complexity index is 541. The highest BCUT2D eigenvalue weighted by Gasteiger charge is 2.25. The normalized spacial score (nSPS) is 13.4. The average Bonchev–Trinajstić information content (AvgIpc) is 2.43. The van der Waals surface area contributed by atoms with Crippen molar-refractivity contribution < 1.29 is 14.3 Å². The molecule has 0 fully saturated rings. The molecule has 0 radical (unpaired) electrons. The summed E-state index contributed by atoms with van der Waals surface area (Å²) in [5.41, 5.74) is 2.01. The first-order valence-electron chi connectivity index (χ1n) is 7.48. The Hall–Kier alpha value is -2.04. The van der Waals surface area contributed by atoms with Gasteiger partial charge in [-0.15, -0.1) is 0 Å². The summed E-state index contributed by atoms with van der Waals surface area (Å²) in [6.45, 7) is 9.11. The first kappa shape index (κ1) is 18.0. The number of methoxy groups -OCH3 is 1. The summed E-state index contributed by atoms with van der Waals surface area (Å²) in [5, 5.41) is 5.64. The molecule has 0 saturated carbocycles. The van der Waals surface area contributed by atoms with Crippen LogP contribution in [0, 0.1) is 12.8 Å². The molecule has 122 valence electrons. The van der Waals surface area contributed by atoms with E-state index >= 15 is 0 Å². The predicted molar refractivity (Wildman–Crippen MR) is 86.7 cm³/mol. The lowest BCUT2D eigenvalue weighted by Gasteiger charge is -2.24. The number of benzene rings is 1. The van der Waals surface area contributed by atoms with Crippen molar-refractivity contribution in [2.24, 2.45) is 5.92 Å². The van der Waals surface area contributed by atoms with Gasteiger partial charge in [0.1, 0.15) is 11.8 Å². The van der Waals surface area contributed by atoms with Crippen molar-refractivity contribution in [3.05, 3.63) is 29.3 Å². The lowest BCUT2D eigenvalue weighted by molar-refractivity contribution is -0.129. The molecule has 0 saturated heterocycles. The molecule has 1 aromatic carbocycles. The van der Waals surface area contributed by atoms with Crippen LogP contribution >= 0.6 is 0 Å². The number of hydrogen-bond acceptors (Lipinski definition) is 3. The second kappa shape index (κ2) is 7.82. The van der Waals surface area contributed by atoms with Gasteiger partial charge in [0.25, 0.3) is 0 Å². The highest BCUT2D eigenvalue weighted by Crippen LogP contribution is 2.26. The zero-order valence-corrected chi connectivity index (χ0v) is 14.2. The second-order valence-corrected chi connectivity index (χ2v) is 5.90. The fourth-order valence-electron chi connectivity index (χ4n) is 2.33. The van der Waals surface area contributed by atoms with Gasteiger partial charge in [0.2, 0.25) is 11.8 Å². The first-order chi connectivity index (χ1) is 10.3. The molecule has 5 nitrogen and oxygen atoms in total. The fourth-order valence-corrected chi connectivity index (χ4v) is 2.33. The molecule has 0 aliphatic heterocycles. The van der Waals surface area contributed by atoms with Crippen LogP contribution in [-0.2, 0) is 9.59 Å². The van der Waals surface area contributed by atoms with Gasteiger partial charge in [-0.1, -0.05) is 31.5 Å². The monoisotopic (exact) mass is 306 g/mol. The van der Waals surface area contributed by atoms with E-state index in [1.807, 2.05) is 45.9 Å². The zero-order valence-electron chi connectivity index (χ0n) is 14.2. The maximum atomic E-state index is 12.4. The predicted octanol–water partition coefficient (Wildman–Crippen LogP) is 2.34. The standard InChI is InChI=1S/C17H26N2O3/c1-10(2)16(19-13(5)20)17(21)18-12(4)14-9-11(3)7-8-15(14)22-6/h7-10,12,16H,1-6H3,(H,18,21)(H,19,20)/t12-,16-/m0/s1. The van der Waals surface area contributed by atoms with Gasteiger partial charge in [-0.2, -0.15) is 0 Å². The molecule has 0 unspecified atom stereocenters. The SMILES string of the molecule is COc1ccc(C)cc1[C@H](C)NC(=O)[C@@H](NC(C)=O)C(C)C. The summed E-state index contributed by atoms with van der Waals surface area (Å²) >= 11 is 0. The van der Waals surface area contributed by atoms with Crippen molar-refractivity contribution in [1.82, 2.24) is 10.6 Å². The molecule has 0 spiro atoms. The molecule has 0 heterocycles. The van der Waals surface area contributed by atoms with Crippen LogP contribution in [0.5, 0.6) is 5.75 Å². The maximum Gasteiger partial charge on any atom is 0.243 e. The fraction of sp³-hybridized carbons (Fsp3) is 0.529. The van der Waals surface area contributed by atoms with Crippen LogP contribution in [0.4, 0.5) is 0 Å². The van der Waals surface area contributed by atoms with Crippen molar-refractivity contribution in [1.29, 1.82) is 0 Å². The molecule has 22 heavy (non-hydrogen) atoms.